The van der Waals surface area contributed by atoms with Crippen LogP contribution in [0.25, 0.3) is 11.3 Å². The van der Waals surface area contributed by atoms with Gasteiger partial charge in [-0.2, -0.15) is 5.10 Å². The molecule has 152 valence electrons. The van der Waals surface area contributed by atoms with E-state index in [9.17, 15) is 14.4 Å². The summed E-state index contributed by atoms with van der Waals surface area (Å²) in [5, 5.41) is 7.29. The second-order valence-corrected chi connectivity index (χ2v) is 8.09. The lowest BCUT2D eigenvalue weighted by molar-refractivity contribution is -0.138. The number of aromatic nitrogens is 2. The zero-order valence-electron chi connectivity index (χ0n) is 16.9. The Morgan fingerprint density at radius 1 is 1.14 bits per heavy atom. The number of carbonyl (C=O) groups excluding carboxylic acids is 3. The quantitative estimate of drug-likeness (QED) is 0.795. The Bertz CT molecular complexity index is 980. The van der Waals surface area contributed by atoms with Gasteiger partial charge in [0.15, 0.2) is 0 Å². The molecule has 0 unspecified atom stereocenters. The first kappa shape index (κ1) is 19.2. The van der Waals surface area contributed by atoms with Crippen LogP contribution in [0.5, 0.6) is 0 Å². The van der Waals surface area contributed by atoms with Crippen molar-refractivity contribution in [3.8, 4) is 11.3 Å². The maximum Gasteiger partial charge on any atom is 0.325 e. The first-order valence-electron chi connectivity index (χ1n) is 9.80. The van der Waals surface area contributed by atoms with E-state index >= 15 is 0 Å². The minimum atomic E-state index is -0.970. The Balaban J connectivity index is 1.49. The number of hydrogen-bond acceptors (Lipinski definition) is 4. The number of urea groups is 1. The molecule has 0 atom stereocenters. The van der Waals surface area contributed by atoms with Crippen LogP contribution in [0.3, 0.4) is 0 Å². The molecule has 3 heterocycles. The van der Waals surface area contributed by atoms with Gasteiger partial charge in [-0.05, 0) is 20.3 Å². The Labute approximate surface area is 169 Å². The summed E-state index contributed by atoms with van der Waals surface area (Å²) in [6.07, 6.45) is 1.33. The van der Waals surface area contributed by atoms with Crippen LogP contribution in [0.2, 0.25) is 0 Å². The summed E-state index contributed by atoms with van der Waals surface area (Å²) in [5.41, 5.74) is 3.36. The van der Waals surface area contributed by atoms with E-state index in [0.29, 0.717) is 25.9 Å². The molecule has 0 radical (unpaired) electrons. The molecule has 4 amide bonds. The Hall–Kier alpha value is -3.16. The lowest BCUT2D eigenvalue weighted by Crippen LogP contribution is -2.45. The van der Waals surface area contributed by atoms with Gasteiger partial charge in [0.2, 0.25) is 5.91 Å². The molecule has 2 aliphatic rings. The average molecular weight is 395 g/mol. The highest BCUT2D eigenvalue weighted by Crippen LogP contribution is 2.28. The summed E-state index contributed by atoms with van der Waals surface area (Å²) in [6.45, 7) is 4.09. The number of fused-ring (bicyclic) bond motifs is 1. The molecule has 0 aliphatic carbocycles. The third-order valence-electron chi connectivity index (χ3n) is 5.62. The number of rotatable bonds is 3. The fraction of sp³-hybridized carbons (Fsp3) is 0.429. The van der Waals surface area contributed by atoms with Crippen LogP contribution < -0.4 is 5.32 Å². The fourth-order valence-electron chi connectivity index (χ4n) is 4.09. The first-order valence-corrected chi connectivity index (χ1v) is 9.80. The standard InChI is InChI=1S/C21H25N5O3/c1-21(2)19(28)26(20(29)22-21)13-17(27)25-11-9-15-16(10-12-25)23-24(3)18(15)14-7-5-4-6-8-14/h4-8H,9-13H2,1-3H3,(H,22,29). The second-order valence-electron chi connectivity index (χ2n) is 8.09. The van der Waals surface area contributed by atoms with Crippen molar-refractivity contribution in [3.05, 3.63) is 41.6 Å². The molecule has 1 N–H and O–H groups in total. The van der Waals surface area contributed by atoms with Crippen molar-refractivity contribution < 1.29 is 14.4 Å². The number of aryl methyl sites for hydroxylation is 1. The minimum absolute atomic E-state index is 0.220. The zero-order chi connectivity index (χ0) is 20.8. The maximum absolute atomic E-state index is 12.8. The Kier molecular flexibility index (Phi) is 4.64. The van der Waals surface area contributed by atoms with Gasteiger partial charge in [0.1, 0.15) is 12.1 Å². The fourth-order valence-corrected chi connectivity index (χ4v) is 4.09. The molecule has 1 aromatic carbocycles. The van der Waals surface area contributed by atoms with Crippen molar-refractivity contribution in [2.75, 3.05) is 19.6 Å². The second kappa shape index (κ2) is 7.02. The summed E-state index contributed by atoms with van der Waals surface area (Å²) in [6, 6.07) is 9.59. The molecule has 29 heavy (non-hydrogen) atoms. The van der Waals surface area contributed by atoms with Gasteiger partial charge in [-0.1, -0.05) is 30.3 Å². The van der Waals surface area contributed by atoms with E-state index < -0.39 is 11.6 Å². The number of benzene rings is 1. The topological polar surface area (TPSA) is 87.5 Å². The number of imide groups is 1. The molecule has 0 bridgehead atoms. The lowest BCUT2D eigenvalue weighted by atomic mass is 10.0. The highest BCUT2D eigenvalue weighted by Gasteiger charge is 2.45. The minimum Gasteiger partial charge on any atom is -0.340 e. The van der Waals surface area contributed by atoms with E-state index in [1.165, 1.54) is 0 Å². The van der Waals surface area contributed by atoms with Crippen LogP contribution in [-0.2, 0) is 29.5 Å². The first-order chi connectivity index (χ1) is 13.8. The van der Waals surface area contributed by atoms with Crippen molar-refractivity contribution in [2.45, 2.75) is 32.2 Å². The van der Waals surface area contributed by atoms with Gasteiger partial charge >= 0.3 is 6.03 Å². The van der Waals surface area contributed by atoms with Crippen LogP contribution in [0.4, 0.5) is 4.79 Å². The van der Waals surface area contributed by atoms with Gasteiger partial charge in [-0.25, -0.2) is 4.79 Å². The van der Waals surface area contributed by atoms with E-state index in [4.69, 9.17) is 0 Å². The smallest absolute Gasteiger partial charge is 0.325 e. The summed E-state index contributed by atoms with van der Waals surface area (Å²) < 4.78 is 1.91. The van der Waals surface area contributed by atoms with E-state index in [1.54, 1.807) is 18.7 Å². The largest absolute Gasteiger partial charge is 0.340 e. The van der Waals surface area contributed by atoms with E-state index in [-0.39, 0.29) is 18.4 Å². The third-order valence-corrected chi connectivity index (χ3v) is 5.62. The van der Waals surface area contributed by atoms with Crippen LogP contribution in [-0.4, -0.2) is 62.6 Å². The highest BCUT2D eigenvalue weighted by atomic mass is 16.2. The van der Waals surface area contributed by atoms with Gasteiger partial charge in [0.25, 0.3) is 5.91 Å². The van der Waals surface area contributed by atoms with Crippen molar-refractivity contribution in [1.29, 1.82) is 0 Å². The zero-order valence-corrected chi connectivity index (χ0v) is 16.9. The highest BCUT2D eigenvalue weighted by molar-refractivity contribution is 6.08. The molecule has 2 aromatic rings. The summed E-state index contributed by atoms with van der Waals surface area (Å²) in [4.78, 5) is 40.0. The number of hydrogen-bond donors (Lipinski definition) is 1. The van der Waals surface area contributed by atoms with Gasteiger partial charge in [0, 0.05) is 37.7 Å². The van der Waals surface area contributed by atoms with Crippen LogP contribution >= 0.6 is 0 Å². The monoisotopic (exact) mass is 395 g/mol. The Morgan fingerprint density at radius 3 is 2.48 bits per heavy atom. The number of nitrogens with one attached hydrogen (secondary N) is 1. The van der Waals surface area contributed by atoms with Crippen LogP contribution in [0.15, 0.2) is 30.3 Å². The van der Waals surface area contributed by atoms with Crippen molar-refractivity contribution in [1.82, 2.24) is 24.9 Å². The molecule has 0 saturated carbocycles. The van der Waals surface area contributed by atoms with Crippen molar-refractivity contribution >= 4 is 17.8 Å². The summed E-state index contributed by atoms with van der Waals surface area (Å²) in [5.74, 6) is -0.593. The molecule has 8 heteroatoms. The predicted molar refractivity (Wildman–Crippen MR) is 107 cm³/mol. The van der Waals surface area contributed by atoms with Crippen LogP contribution in [0.1, 0.15) is 25.1 Å². The molecule has 2 aliphatic heterocycles. The normalized spacial score (nSPS) is 18.4. The number of amides is 4. The van der Waals surface area contributed by atoms with Crippen LogP contribution in [0, 0.1) is 0 Å². The summed E-state index contributed by atoms with van der Waals surface area (Å²) in [7, 11) is 1.94. The molecule has 1 fully saturated rings. The lowest BCUT2D eigenvalue weighted by Gasteiger charge is -2.23. The van der Waals surface area contributed by atoms with E-state index in [2.05, 4.69) is 22.5 Å². The predicted octanol–water partition coefficient (Wildman–Crippen LogP) is 1.34. The van der Waals surface area contributed by atoms with Gasteiger partial charge in [-0.3, -0.25) is 19.2 Å². The molecule has 1 saturated heterocycles. The van der Waals surface area contributed by atoms with E-state index in [1.807, 2.05) is 29.9 Å². The molecule has 8 nitrogen and oxygen atoms in total. The van der Waals surface area contributed by atoms with Gasteiger partial charge in [0.05, 0.1) is 11.4 Å². The third kappa shape index (κ3) is 3.39. The average Bonchev–Trinajstić information content (AvgIpc) is 2.98. The molecular weight excluding hydrogens is 370 g/mol. The molecular formula is C21H25N5O3. The van der Waals surface area contributed by atoms with E-state index in [0.717, 1.165) is 27.4 Å². The molecule has 1 aromatic heterocycles. The SMILES string of the molecule is Cn1nc2c(c1-c1ccccc1)CCN(C(=O)CN1C(=O)NC(C)(C)C1=O)CC2. The van der Waals surface area contributed by atoms with Gasteiger partial charge in [-0.15, -0.1) is 0 Å². The van der Waals surface area contributed by atoms with Gasteiger partial charge < -0.3 is 10.2 Å². The van der Waals surface area contributed by atoms with Crippen molar-refractivity contribution in [2.24, 2.45) is 7.05 Å². The summed E-state index contributed by atoms with van der Waals surface area (Å²) >= 11 is 0. The molecule has 0 spiro atoms. The maximum atomic E-state index is 12.8. The Morgan fingerprint density at radius 2 is 1.83 bits per heavy atom. The van der Waals surface area contributed by atoms with Crippen molar-refractivity contribution in [3.63, 3.8) is 0 Å². The number of nitrogens with zero attached hydrogens (tertiary/aromatic N) is 4. The number of carbonyl (C=O) groups is 3. The molecule has 4 rings (SSSR count).